The van der Waals surface area contributed by atoms with Gasteiger partial charge in [-0.25, -0.2) is 0 Å². The van der Waals surface area contributed by atoms with Crippen LogP contribution in [0.2, 0.25) is 0 Å². The summed E-state index contributed by atoms with van der Waals surface area (Å²) in [6.45, 7) is 1.86. The van der Waals surface area contributed by atoms with Gasteiger partial charge in [0.15, 0.2) is 0 Å². The van der Waals surface area contributed by atoms with Gasteiger partial charge in [-0.05, 0) is 31.7 Å². The van der Waals surface area contributed by atoms with E-state index >= 15 is 0 Å². The van der Waals surface area contributed by atoms with Gasteiger partial charge in [-0.15, -0.1) is 11.8 Å². The van der Waals surface area contributed by atoms with Gasteiger partial charge in [0.2, 0.25) is 17.7 Å². The van der Waals surface area contributed by atoms with Crippen LogP contribution >= 0.6 is 11.8 Å². The molecule has 10 nitrogen and oxygen atoms in total. The minimum absolute atomic E-state index is 0.258. The second-order valence-electron chi connectivity index (χ2n) is 8.44. The van der Waals surface area contributed by atoms with Crippen LogP contribution in [0.1, 0.15) is 25.3 Å². The molecule has 2 heterocycles. The Bertz CT molecular complexity index is 885. The average molecular weight is 478 g/mol. The van der Waals surface area contributed by atoms with Crippen LogP contribution in [0.25, 0.3) is 0 Å². The Labute approximate surface area is 197 Å². The topological polar surface area (TPSA) is 159 Å². The quantitative estimate of drug-likeness (QED) is 0.366. The van der Waals surface area contributed by atoms with Crippen molar-refractivity contribution in [2.75, 3.05) is 18.2 Å². The number of thioether (sulfide) groups is 1. The molecule has 2 saturated heterocycles. The van der Waals surface area contributed by atoms with Crippen molar-refractivity contribution in [2.45, 2.75) is 56.5 Å². The Morgan fingerprint density at radius 2 is 1.88 bits per heavy atom. The molecule has 0 aliphatic carbocycles. The number of carbonyl (C=O) groups is 4. The zero-order valence-corrected chi connectivity index (χ0v) is 19.4. The molecule has 180 valence electrons. The summed E-state index contributed by atoms with van der Waals surface area (Å²) in [5.74, 6) is -1.42. The summed E-state index contributed by atoms with van der Waals surface area (Å²) in [6.07, 6.45) is -0.0396. The highest BCUT2D eigenvalue weighted by Gasteiger charge is 2.44. The fraction of sp³-hybridized carbons (Fsp3) is 0.545. The van der Waals surface area contributed by atoms with Crippen molar-refractivity contribution in [1.82, 2.24) is 15.1 Å². The van der Waals surface area contributed by atoms with Crippen molar-refractivity contribution in [3.8, 4) is 0 Å². The lowest BCUT2D eigenvalue weighted by molar-refractivity contribution is -0.150. The van der Waals surface area contributed by atoms with E-state index in [2.05, 4.69) is 5.32 Å². The number of hydrogen-bond acceptors (Lipinski definition) is 7. The normalized spacial score (nSPS) is 23.1. The molecule has 2 aliphatic heterocycles. The van der Waals surface area contributed by atoms with E-state index in [1.54, 1.807) is 0 Å². The molecule has 0 spiro atoms. The van der Waals surface area contributed by atoms with Gasteiger partial charge in [0.25, 0.3) is 5.91 Å². The Kier molecular flexibility index (Phi) is 8.33. The molecule has 0 bridgehead atoms. The molecule has 11 heteroatoms. The maximum atomic E-state index is 13.3. The SMILES string of the molecule is C[C@H](NC(=O)[C@@H]1CCCN1C(=O)[C@H]1CSCN1C(=O)[C@@H](O)[C@H](N)Cc1ccccc1)C(N)=O. The fourth-order valence-corrected chi connectivity index (χ4v) is 5.25. The number of benzene rings is 1. The molecule has 0 aromatic heterocycles. The highest BCUT2D eigenvalue weighted by Crippen LogP contribution is 2.27. The predicted molar refractivity (Wildman–Crippen MR) is 124 cm³/mol. The number of nitrogens with one attached hydrogen (secondary N) is 1. The summed E-state index contributed by atoms with van der Waals surface area (Å²) in [5.41, 5.74) is 12.2. The zero-order chi connectivity index (χ0) is 24.1. The van der Waals surface area contributed by atoms with Crippen molar-refractivity contribution in [1.29, 1.82) is 0 Å². The Morgan fingerprint density at radius 1 is 1.18 bits per heavy atom. The summed E-state index contributed by atoms with van der Waals surface area (Å²) in [5, 5.41) is 13.1. The number of aliphatic hydroxyl groups excluding tert-OH is 1. The lowest BCUT2D eigenvalue weighted by Gasteiger charge is -2.32. The van der Waals surface area contributed by atoms with E-state index in [1.165, 1.54) is 28.5 Å². The number of carbonyl (C=O) groups excluding carboxylic acids is 4. The third-order valence-electron chi connectivity index (χ3n) is 6.05. The average Bonchev–Trinajstić information content (AvgIpc) is 3.48. The summed E-state index contributed by atoms with van der Waals surface area (Å²) >= 11 is 1.41. The monoisotopic (exact) mass is 477 g/mol. The number of primary amides is 1. The van der Waals surface area contributed by atoms with E-state index in [-0.39, 0.29) is 11.8 Å². The molecule has 6 N–H and O–H groups in total. The predicted octanol–water partition coefficient (Wildman–Crippen LogP) is -1.20. The van der Waals surface area contributed by atoms with Crippen LogP contribution in [0.4, 0.5) is 0 Å². The number of rotatable bonds is 8. The van der Waals surface area contributed by atoms with Crippen molar-refractivity contribution >= 4 is 35.4 Å². The van der Waals surface area contributed by atoms with Crippen molar-refractivity contribution in [3.63, 3.8) is 0 Å². The van der Waals surface area contributed by atoms with Crippen LogP contribution in [0.15, 0.2) is 30.3 Å². The van der Waals surface area contributed by atoms with E-state index in [0.29, 0.717) is 31.6 Å². The van der Waals surface area contributed by atoms with Crippen LogP contribution in [0.5, 0.6) is 0 Å². The minimum Gasteiger partial charge on any atom is -0.382 e. The molecule has 2 aliphatic rings. The van der Waals surface area contributed by atoms with E-state index in [9.17, 15) is 24.3 Å². The van der Waals surface area contributed by atoms with Gasteiger partial charge in [-0.2, -0.15) is 0 Å². The van der Waals surface area contributed by atoms with Gasteiger partial charge >= 0.3 is 0 Å². The van der Waals surface area contributed by atoms with Gasteiger partial charge in [0.1, 0.15) is 24.2 Å². The molecule has 0 saturated carbocycles. The Morgan fingerprint density at radius 3 is 2.55 bits per heavy atom. The number of nitrogens with two attached hydrogens (primary N) is 2. The van der Waals surface area contributed by atoms with E-state index in [4.69, 9.17) is 11.5 Å². The maximum absolute atomic E-state index is 13.3. The number of likely N-dealkylation sites (tertiary alicyclic amines) is 1. The summed E-state index contributed by atoms with van der Waals surface area (Å²) in [6, 6.07) is 6.13. The van der Waals surface area contributed by atoms with Gasteiger partial charge in [0.05, 0.1) is 5.88 Å². The fourth-order valence-electron chi connectivity index (χ4n) is 4.09. The number of hydrogen-bond donors (Lipinski definition) is 4. The molecule has 0 unspecified atom stereocenters. The smallest absolute Gasteiger partial charge is 0.254 e. The molecule has 4 amide bonds. The number of aliphatic hydroxyl groups is 1. The van der Waals surface area contributed by atoms with Crippen LogP contribution in [-0.4, -0.2) is 87.0 Å². The second-order valence-corrected chi connectivity index (χ2v) is 9.44. The van der Waals surface area contributed by atoms with Crippen LogP contribution < -0.4 is 16.8 Å². The third-order valence-corrected chi connectivity index (χ3v) is 7.06. The lowest BCUT2D eigenvalue weighted by Crippen LogP contribution is -2.57. The summed E-state index contributed by atoms with van der Waals surface area (Å²) in [4.78, 5) is 53.0. The van der Waals surface area contributed by atoms with Gasteiger partial charge in [0, 0.05) is 18.3 Å². The van der Waals surface area contributed by atoms with E-state index < -0.39 is 48.0 Å². The molecule has 1 aromatic carbocycles. The molecule has 1 aromatic rings. The minimum atomic E-state index is -1.45. The molecule has 3 rings (SSSR count). The molecule has 0 radical (unpaired) electrons. The highest BCUT2D eigenvalue weighted by molar-refractivity contribution is 7.99. The first-order chi connectivity index (χ1) is 15.7. The standard InChI is InChI=1S/C22H31N5O5S/c1-13(19(24)29)25-20(30)16-8-5-9-26(16)21(31)17-11-33-12-27(17)22(32)18(28)15(23)10-14-6-3-2-4-7-14/h2-4,6-7,13,15-18,28H,5,8-12,23H2,1H3,(H2,24,29)(H,25,30)/t13-,15+,16-,17+,18-/m0/s1. The zero-order valence-electron chi connectivity index (χ0n) is 18.6. The first-order valence-electron chi connectivity index (χ1n) is 11.0. The second kappa shape index (κ2) is 11.0. The third kappa shape index (κ3) is 5.84. The van der Waals surface area contributed by atoms with Gasteiger partial charge in [-0.1, -0.05) is 30.3 Å². The molecule has 2 fully saturated rings. The summed E-state index contributed by atoms with van der Waals surface area (Å²) in [7, 11) is 0. The highest BCUT2D eigenvalue weighted by atomic mass is 32.2. The first-order valence-corrected chi connectivity index (χ1v) is 12.1. The number of nitrogens with zero attached hydrogens (tertiary/aromatic N) is 2. The molecule has 5 atom stereocenters. The molecule has 33 heavy (non-hydrogen) atoms. The van der Waals surface area contributed by atoms with Crippen LogP contribution in [0.3, 0.4) is 0 Å². The molecular weight excluding hydrogens is 446 g/mol. The van der Waals surface area contributed by atoms with Crippen LogP contribution in [-0.2, 0) is 25.6 Å². The Balaban J connectivity index is 1.65. The summed E-state index contributed by atoms with van der Waals surface area (Å²) < 4.78 is 0. The van der Waals surface area contributed by atoms with E-state index in [0.717, 1.165) is 5.56 Å². The van der Waals surface area contributed by atoms with Crippen molar-refractivity contribution in [2.24, 2.45) is 11.5 Å². The number of amides is 4. The van der Waals surface area contributed by atoms with E-state index in [1.807, 2.05) is 30.3 Å². The lowest BCUT2D eigenvalue weighted by atomic mass is 10.0. The van der Waals surface area contributed by atoms with Gasteiger partial charge < -0.3 is 31.7 Å². The van der Waals surface area contributed by atoms with Gasteiger partial charge in [-0.3, -0.25) is 19.2 Å². The van der Waals surface area contributed by atoms with Crippen LogP contribution in [0, 0.1) is 0 Å². The van der Waals surface area contributed by atoms with Crippen molar-refractivity contribution in [3.05, 3.63) is 35.9 Å². The first kappa shape index (κ1) is 25.0. The largest absolute Gasteiger partial charge is 0.382 e. The van der Waals surface area contributed by atoms with Crippen molar-refractivity contribution < 1.29 is 24.3 Å². The maximum Gasteiger partial charge on any atom is 0.254 e. The Hall–Kier alpha value is -2.63. The molecular formula is C22H31N5O5S.